The van der Waals surface area contributed by atoms with Crippen LogP contribution in [0.25, 0.3) is 16.1 Å². The molecule has 3 rings (SSSR count). The van der Waals surface area contributed by atoms with Gasteiger partial charge in [0.2, 0.25) is 0 Å². The summed E-state index contributed by atoms with van der Waals surface area (Å²) < 4.78 is 1.55. The van der Waals surface area contributed by atoms with E-state index < -0.39 is 0 Å². The Morgan fingerprint density at radius 2 is 1.96 bits per heavy atom. The summed E-state index contributed by atoms with van der Waals surface area (Å²) in [5, 5.41) is 0. The molecule has 1 amide bonds. The highest BCUT2D eigenvalue weighted by Crippen LogP contribution is 2.24. The lowest BCUT2D eigenvalue weighted by Crippen LogP contribution is -2.40. The first-order chi connectivity index (χ1) is 11.2. The summed E-state index contributed by atoms with van der Waals surface area (Å²) in [5.74, 6) is 0. The van der Waals surface area contributed by atoms with Crippen LogP contribution in [0.4, 0.5) is 10.5 Å². The molecule has 2 aromatic rings. The third kappa shape index (κ3) is 3.26. The molecule has 1 saturated carbocycles. The van der Waals surface area contributed by atoms with Gasteiger partial charge in [-0.2, -0.15) is 0 Å². The summed E-state index contributed by atoms with van der Waals surface area (Å²) in [4.78, 5) is 22.1. The molecule has 0 aliphatic heterocycles. The number of amides is 1. The molecular weight excluding hydrogens is 288 g/mol. The monoisotopic (exact) mass is 308 g/mol. The van der Waals surface area contributed by atoms with Gasteiger partial charge in [-0.25, -0.2) is 14.6 Å². The second-order valence-electron chi connectivity index (χ2n) is 6.01. The van der Waals surface area contributed by atoms with E-state index in [1.54, 1.807) is 29.2 Å². The van der Waals surface area contributed by atoms with E-state index in [4.69, 9.17) is 6.57 Å². The minimum Gasteiger partial charge on any atom is -0.324 e. The first-order valence-electron chi connectivity index (χ1n) is 7.98. The number of hydrogen-bond donors (Lipinski definition) is 0. The number of carbonyl (C=O) groups excluding carboxylic acids is 1. The van der Waals surface area contributed by atoms with Crippen molar-refractivity contribution in [1.29, 1.82) is 0 Å². The zero-order valence-electron chi connectivity index (χ0n) is 13.3. The molecule has 0 unspecified atom stereocenters. The van der Waals surface area contributed by atoms with E-state index >= 15 is 0 Å². The number of aromatic nitrogens is 2. The summed E-state index contributed by atoms with van der Waals surface area (Å²) in [6.07, 6.45) is 9.17. The van der Waals surface area contributed by atoms with Crippen molar-refractivity contribution in [2.45, 2.75) is 38.1 Å². The van der Waals surface area contributed by atoms with Crippen LogP contribution in [0.5, 0.6) is 0 Å². The van der Waals surface area contributed by atoms with Gasteiger partial charge in [0, 0.05) is 19.3 Å². The molecule has 0 atom stereocenters. The summed E-state index contributed by atoms with van der Waals surface area (Å²) >= 11 is 0. The fourth-order valence-electron chi connectivity index (χ4n) is 3.09. The van der Waals surface area contributed by atoms with Gasteiger partial charge in [-0.05, 0) is 18.4 Å². The molecule has 5 nitrogen and oxygen atoms in total. The highest BCUT2D eigenvalue weighted by Gasteiger charge is 2.23. The third-order valence-corrected chi connectivity index (χ3v) is 4.52. The number of hydrogen-bond acceptors (Lipinski definition) is 2. The number of rotatable bonds is 2. The largest absolute Gasteiger partial charge is 0.329 e. The average molecular weight is 308 g/mol. The molecule has 1 heterocycles. The maximum atomic E-state index is 12.6. The van der Waals surface area contributed by atoms with Gasteiger partial charge in [0.15, 0.2) is 5.69 Å². The van der Waals surface area contributed by atoms with Gasteiger partial charge in [-0.3, -0.25) is 4.57 Å². The average Bonchev–Trinajstić information content (AvgIpc) is 3.11. The van der Waals surface area contributed by atoms with Gasteiger partial charge in [-0.15, -0.1) is 0 Å². The smallest absolute Gasteiger partial charge is 0.324 e. The van der Waals surface area contributed by atoms with Crippen LogP contribution in [0.3, 0.4) is 0 Å². The quantitative estimate of drug-likeness (QED) is 0.775. The fourth-order valence-corrected chi connectivity index (χ4v) is 3.09. The maximum Gasteiger partial charge on any atom is 0.329 e. The minimum absolute atomic E-state index is 0.0339. The first-order valence-corrected chi connectivity index (χ1v) is 7.98. The molecule has 1 aliphatic carbocycles. The number of benzene rings is 1. The highest BCUT2D eigenvalue weighted by atomic mass is 16.2. The van der Waals surface area contributed by atoms with Crippen LogP contribution in [-0.4, -0.2) is 33.6 Å². The normalized spacial score (nSPS) is 15.1. The molecule has 0 spiro atoms. The Bertz CT molecular complexity index is 720. The predicted molar refractivity (Wildman–Crippen MR) is 89.4 cm³/mol. The summed E-state index contributed by atoms with van der Waals surface area (Å²) in [6.45, 7) is 6.98. The Kier molecular flexibility index (Phi) is 4.42. The van der Waals surface area contributed by atoms with E-state index in [-0.39, 0.29) is 6.03 Å². The Morgan fingerprint density at radius 1 is 1.26 bits per heavy atom. The lowest BCUT2D eigenvalue weighted by molar-refractivity contribution is 0.175. The van der Waals surface area contributed by atoms with Gasteiger partial charge in [-0.1, -0.05) is 43.5 Å². The van der Waals surface area contributed by atoms with E-state index in [0.29, 0.717) is 11.7 Å². The van der Waals surface area contributed by atoms with Gasteiger partial charge < -0.3 is 4.90 Å². The molecule has 23 heavy (non-hydrogen) atoms. The molecule has 0 radical (unpaired) electrons. The number of carbonyl (C=O) groups is 1. The van der Waals surface area contributed by atoms with Crippen molar-refractivity contribution < 1.29 is 4.79 Å². The van der Waals surface area contributed by atoms with Crippen molar-refractivity contribution in [2.24, 2.45) is 0 Å². The molecule has 1 fully saturated rings. The summed E-state index contributed by atoms with van der Waals surface area (Å²) in [6, 6.07) is 7.54. The van der Waals surface area contributed by atoms with Crippen LogP contribution in [0.1, 0.15) is 32.1 Å². The maximum absolute atomic E-state index is 12.6. The Labute approximate surface area is 136 Å². The van der Waals surface area contributed by atoms with Crippen molar-refractivity contribution >= 4 is 11.7 Å². The van der Waals surface area contributed by atoms with E-state index in [0.717, 1.165) is 24.1 Å². The van der Waals surface area contributed by atoms with Crippen LogP contribution < -0.4 is 0 Å². The van der Waals surface area contributed by atoms with E-state index in [9.17, 15) is 4.79 Å². The van der Waals surface area contributed by atoms with Crippen LogP contribution in [0.15, 0.2) is 36.8 Å². The molecule has 0 saturated heterocycles. The van der Waals surface area contributed by atoms with E-state index in [1.165, 1.54) is 19.3 Å². The molecule has 118 valence electrons. The topological polar surface area (TPSA) is 42.5 Å². The molecular formula is C18H20N4O. The zero-order valence-corrected chi connectivity index (χ0v) is 13.3. The molecule has 5 heteroatoms. The molecule has 1 aliphatic rings. The van der Waals surface area contributed by atoms with Crippen LogP contribution >= 0.6 is 0 Å². The number of nitrogens with zero attached hydrogens (tertiary/aromatic N) is 4. The third-order valence-electron chi connectivity index (χ3n) is 4.52. The summed E-state index contributed by atoms with van der Waals surface area (Å²) in [5.41, 5.74) is 2.25. The van der Waals surface area contributed by atoms with Crippen molar-refractivity contribution in [3.8, 4) is 11.3 Å². The van der Waals surface area contributed by atoms with Crippen molar-refractivity contribution in [3.05, 3.63) is 48.2 Å². The van der Waals surface area contributed by atoms with Crippen molar-refractivity contribution in [2.75, 3.05) is 7.05 Å². The van der Waals surface area contributed by atoms with Gasteiger partial charge in [0.05, 0.1) is 12.3 Å². The molecule has 0 N–H and O–H groups in total. The summed E-state index contributed by atoms with van der Waals surface area (Å²) in [7, 11) is 1.88. The van der Waals surface area contributed by atoms with Crippen molar-refractivity contribution in [3.63, 3.8) is 0 Å². The first kappa shape index (κ1) is 15.3. The number of imidazole rings is 1. The lowest BCUT2D eigenvalue weighted by atomic mass is 9.95. The molecule has 1 aromatic carbocycles. The predicted octanol–water partition coefficient (Wildman–Crippen LogP) is 4.33. The SMILES string of the molecule is [C-]#[N+]c1ccc(-c2cn(C(=O)N(C)C3CCCCC3)cn2)cc1. The minimum atomic E-state index is -0.0339. The standard InChI is InChI=1S/C18H20N4O/c1-19-15-10-8-14(9-11-15)17-12-22(13-20-17)18(23)21(2)16-6-4-3-5-7-16/h8-13,16H,3-7H2,2H3. The fraction of sp³-hybridized carbons (Fsp3) is 0.389. The lowest BCUT2D eigenvalue weighted by Gasteiger charge is -2.31. The molecule has 0 bridgehead atoms. The second-order valence-corrected chi connectivity index (χ2v) is 6.01. The Hall–Kier alpha value is -2.61. The van der Waals surface area contributed by atoms with E-state index in [1.807, 2.05) is 24.1 Å². The Morgan fingerprint density at radius 3 is 2.61 bits per heavy atom. The Balaban J connectivity index is 1.75. The second kappa shape index (κ2) is 6.66. The highest BCUT2D eigenvalue weighted by molar-refractivity contribution is 5.78. The van der Waals surface area contributed by atoms with Gasteiger partial charge >= 0.3 is 6.03 Å². The van der Waals surface area contributed by atoms with Crippen molar-refractivity contribution in [1.82, 2.24) is 14.5 Å². The van der Waals surface area contributed by atoms with Gasteiger partial charge in [0.25, 0.3) is 0 Å². The van der Waals surface area contributed by atoms with Crippen LogP contribution in [0.2, 0.25) is 0 Å². The zero-order chi connectivity index (χ0) is 16.2. The molecule has 1 aromatic heterocycles. The van der Waals surface area contributed by atoms with E-state index in [2.05, 4.69) is 9.83 Å². The van der Waals surface area contributed by atoms with Crippen LogP contribution in [-0.2, 0) is 0 Å². The van der Waals surface area contributed by atoms with Gasteiger partial charge in [0.1, 0.15) is 6.33 Å². The van der Waals surface area contributed by atoms with Crippen LogP contribution in [0, 0.1) is 6.57 Å².